The molecule has 0 aliphatic carbocycles. The van der Waals surface area contributed by atoms with Crippen molar-refractivity contribution in [3.05, 3.63) is 41.2 Å². The number of allylic oxidation sites excluding steroid dienone is 1. The highest BCUT2D eigenvalue weighted by Gasteiger charge is 2.25. The van der Waals surface area contributed by atoms with E-state index in [2.05, 4.69) is 6.07 Å². The maximum Gasteiger partial charge on any atom is 0.311 e. The van der Waals surface area contributed by atoms with E-state index in [0.29, 0.717) is 6.42 Å². The van der Waals surface area contributed by atoms with Gasteiger partial charge in [-0.1, -0.05) is 36.8 Å². The summed E-state index contributed by atoms with van der Waals surface area (Å²) < 4.78 is 5.14. The average Bonchev–Trinajstić information content (AvgIpc) is 2.45. The molecule has 0 saturated carbocycles. The Hall–Kier alpha value is -1.57. The SMILES string of the molecule is Cc1cccc(/C=C2/OC(=O)CC2C)c1. The van der Waals surface area contributed by atoms with Crippen molar-refractivity contribution in [1.82, 2.24) is 0 Å². The lowest BCUT2D eigenvalue weighted by Gasteiger charge is -2.02. The van der Waals surface area contributed by atoms with Crippen LogP contribution in [0.5, 0.6) is 0 Å². The van der Waals surface area contributed by atoms with Crippen molar-refractivity contribution in [1.29, 1.82) is 0 Å². The molecule has 1 aliphatic rings. The summed E-state index contributed by atoms with van der Waals surface area (Å²) in [4.78, 5) is 11.1. The zero-order chi connectivity index (χ0) is 10.8. The van der Waals surface area contributed by atoms with Gasteiger partial charge in [-0.25, -0.2) is 0 Å². The number of ether oxygens (including phenoxy) is 1. The van der Waals surface area contributed by atoms with Crippen LogP contribution in [0.4, 0.5) is 0 Å². The summed E-state index contributed by atoms with van der Waals surface area (Å²) in [7, 11) is 0. The van der Waals surface area contributed by atoms with Crippen molar-refractivity contribution in [3.8, 4) is 0 Å². The maximum atomic E-state index is 11.1. The third-order valence-corrected chi connectivity index (χ3v) is 2.54. The normalized spacial score (nSPS) is 23.2. The van der Waals surface area contributed by atoms with Crippen LogP contribution in [-0.2, 0) is 9.53 Å². The van der Waals surface area contributed by atoms with E-state index >= 15 is 0 Å². The Balaban J connectivity index is 2.26. The van der Waals surface area contributed by atoms with Gasteiger partial charge >= 0.3 is 5.97 Å². The van der Waals surface area contributed by atoms with E-state index in [1.165, 1.54) is 5.56 Å². The fourth-order valence-corrected chi connectivity index (χ4v) is 1.72. The van der Waals surface area contributed by atoms with Gasteiger partial charge in [0, 0.05) is 5.92 Å². The van der Waals surface area contributed by atoms with Gasteiger partial charge in [-0.3, -0.25) is 4.79 Å². The molecule has 1 aliphatic heterocycles. The highest BCUT2D eigenvalue weighted by molar-refractivity contribution is 5.76. The predicted molar refractivity (Wildman–Crippen MR) is 59.0 cm³/mol. The second-order valence-corrected chi connectivity index (χ2v) is 4.04. The van der Waals surface area contributed by atoms with Crippen molar-refractivity contribution >= 4 is 12.0 Å². The highest BCUT2D eigenvalue weighted by atomic mass is 16.5. The molecular weight excluding hydrogens is 188 g/mol. The largest absolute Gasteiger partial charge is 0.431 e. The summed E-state index contributed by atoms with van der Waals surface area (Å²) in [6.07, 6.45) is 2.44. The van der Waals surface area contributed by atoms with E-state index in [1.54, 1.807) is 0 Å². The Morgan fingerprint density at radius 2 is 2.27 bits per heavy atom. The summed E-state index contributed by atoms with van der Waals surface area (Å²) in [5.41, 5.74) is 2.30. The number of carbonyl (C=O) groups excluding carboxylic acids is 1. The molecule has 0 bridgehead atoms. The number of benzene rings is 1. The lowest BCUT2D eigenvalue weighted by atomic mass is 10.1. The first kappa shape index (κ1) is 9.97. The van der Waals surface area contributed by atoms with Crippen LogP contribution in [0.25, 0.3) is 6.08 Å². The molecule has 1 aromatic carbocycles. The van der Waals surface area contributed by atoms with Crippen LogP contribution < -0.4 is 0 Å². The minimum atomic E-state index is -0.124. The number of rotatable bonds is 1. The monoisotopic (exact) mass is 202 g/mol. The van der Waals surface area contributed by atoms with Crippen LogP contribution in [0.2, 0.25) is 0 Å². The first-order valence-corrected chi connectivity index (χ1v) is 5.14. The molecule has 2 heteroatoms. The first-order chi connectivity index (χ1) is 7.15. The summed E-state index contributed by atoms with van der Waals surface area (Å²) in [6, 6.07) is 8.14. The van der Waals surface area contributed by atoms with Crippen LogP contribution in [0.1, 0.15) is 24.5 Å². The quantitative estimate of drug-likeness (QED) is 0.654. The molecule has 1 unspecified atom stereocenters. The van der Waals surface area contributed by atoms with Crippen molar-refractivity contribution < 1.29 is 9.53 Å². The second-order valence-electron chi connectivity index (χ2n) is 4.04. The zero-order valence-corrected chi connectivity index (χ0v) is 8.99. The van der Waals surface area contributed by atoms with E-state index < -0.39 is 0 Å². The third kappa shape index (κ3) is 2.27. The van der Waals surface area contributed by atoms with Gasteiger partial charge in [0.25, 0.3) is 0 Å². The Bertz CT molecular complexity index is 418. The highest BCUT2D eigenvalue weighted by Crippen LogP contribution is 2.27. The molecule has 1 saturated heterocycles. The molecule has 0 amide bonds. The molecule has 2 nitrogen and oxygen atoms in total. The van der Waals surface area contributed by atoms with E-state index in [-0.39, 0.29) is 11.9 Å². The van der Waals surface area contributed by atoms with Gasteiger partial charge in [0.15, 0.2) is 0 Å². The number of esters is 1. The van der Waals surface area contributed by atoms with Gasteiger partial charge in [-0.2, -0.15) is 0 Å². The van der Waals surface area contributed by atoms with Gasteiger partial charge < -0.3 is 4.74 Å². The van der Waals surface area contributed by atoms with Gasteiger partial charge in [0.2, 0.25) is 0 Å². The zero-order valence-electron chi connectivity index (χ0n) is 8.99. The van der Waals surface area contributed by atoms with Crippen LogP contribution >= 0.6 is 0 Å². The van der Waals surface area contributed by atoms with Gasteiger partial charge in [0.1, 0.15) is 5.76 Å². The van der Waals surface area contributed by atoms with Crippen LogP contribution in [0, 0.1) is 12.8 Å². The average molecular weight is 202 g/mol. The minimum absolute atomic E-state index is 0.124. The maximum absolute atomic E-state index is 11.1. The fourth-order valence-electron chi connectivity index (χ4n) is 1.72. The predicted octanol–water partition coefficient (Wildman–Crippen LogP) is 2.92. The van der Waals surface area contributed by atoms with Crippen LogP contribution in [0.15, 0.2) is 30.0 Å². The molecule has 0 aromatic heterocycles. The van der Waals surface area contributed by atoms with Gasteiger partial charge in [-0.15, -0.1) is 0 Å². The van der Waals surface area contributed by atoms with Crippen molar-refractivity contribution in [2.45, 2.75) is 20.3 Å². The summed E-state index contributed by atoms with van der Waals surface area (Å²) in [5, 5.41) is 0. The Labute approximate surface area is 89.6 Å². The first-order valence-electron chi connectivity index (χ1n) is 5.14. The Morgan fingerprint density at radius 1 is 1.47 bits per heavy atom. The number of aryl methyl sites for hydroxylation is 1. The summed E-state index contributed by atoms with van der Waals surface area (Å²) in [6.45, 7) is 4.05. The molecule has 2 rings (SSSR count). The topological polar surface area (TPSA) is 26.3 Å². The molecular formula is C13H14O2. The molecule has 1 atom stereocenters. The Morgan fingerprint density at radius 3 is 2.87 bits per heavy atom. The molecule has 0 radical (unpaired) electrons. The van der Waals surface area contributed by atoms with Crippen molar-refractivity contribution in [2.24, 2.45) is 5.92 Å². The molecule has 1 aromatic rings. The van der Waals surface area contributed by atoms with E-state index in [9.17, 15) is 4.79 Å². The molecule has 1 heterocycles. The molecule has 78 valence electrons. The molecule has 1 fully saturated rings. The summed E-state index contributed by atoms with van der Waals surface area (Å²) in [5.74, 6) is 0.866. The Kier molecular flexibility index (Phi) is 2.58. The van der Waals surface area contributed by atoms with Crippen LogP contribution in [0.3, 0.4) is 0 Å². The molecule has 0 N–H and O–H groups in total. The number of cyclic esters (lactones) is 1. The van der Waals surface area contributed by atoms with Crippen molar-refractivity contribution in [3.63, 3.8) is 0 Å². The molecule has 15 heavy (non-hydrogen) atoms. The lowest BCUT2D eigenvalue weighted by molar-refractivity contribution is -0.135. The van der Waals surface area contributed by atoms with E-state index in [4.69, 9.17) is 4.74 Å². The third-order valence-electron chi connectivity index (χ3n) is 2.54. The van der Waals surface area contributed by atoms with Crippen molar-refractivity contribution in [2.75, 3.05) is 0 Å². The van der Waals surface area contributed by atoms with Gasteiger partial charge in [0.05, 0.1) is 6.42 Å². The summed E-state index contributed by atoms with van der Waals surface area (Å²) >= 11 is 0. The van der Waals surface area contributed by atoms with E-state index in [1.807, 2.05) is 38.1 Å². The number of hydrogen-bond acceptors (Lipinski definition) is 2. The minimum Gasteiger partial charge on any atom is -0.431 e. The fraction of sp³-hybridized carbons (Fsp3) is 0.308. The number of hydrogen-bond donors (Lipinski definition) is 0. The molecule has 0 spiro atoms. The second kappa shape index (κ2) is 3.89. The number of carbonyl (C=O) groups is 1. The lowest BCUT2D eigenvalue weighted by Crippen LogP contribution is -1.89. The van der Waals surface area contributed by atoms with E-state index in [0.717, 1.165) is 11.3 Å². The smallest absolute Gasteiger partial charge is 0.311 e. The van der Waals surface area contributed by atoms with Crippen LogP contribution in [-0.4, -0.2) is 5.97 Å². The standard InChI is InChI=1S/C13H14O2/c1-9-4-3-5-11(6-9)8-12-10(2)7-13(14)15-12/h3-6,8,10H,7H2,1-2H3/b12-8+. The van der Waals surface area contributed by atoms with Gasteiger partial charge in [-0.05, 0) is 18.6 Å².